The molecule has 0 amide bonds. The van der Waals surface area contributed by atoms with Crippen molar-refractivity contribution in [1.29, 1.82) is 0 Å². The van der Waals surface area contributed by atoms with Crippen LogP contribution < -0.4 is 0 Å². The van der Waals surface area contributed by atoms with Crippen molar-refractivity contribution < 1.29 is 4.79 Å². The van der Waals surface area contributed by atoms with Crippen molar-refractivity contribution >= 4 is 5.78 Å². The Morgan fingerprint density at radius 2 is 1.88 bits per heavy atom. The molecule has 0 saturated carbocycles. The van der Waals surface area contributed by atoms with E-state index < -0.39 is 0 Å². The third-order valence-corrected chi connectivity index (χ3v) is 4.14. The number of Topliss-reactive ketones (excluding diaryl/α,β-unsaturated/α-hetero) is 1. The van der Waals surface area contributed by atoms with Crippen LogP contribution in [0.25, 0.3) is 0 Å². The van der Waals surface area contributed by atoms with Gasteiger partial charge in [0.05, 0.1) is 0 Å². The lowest BCUT2D eigenvalue weighted by atomic mass is 9.85. The van der Waals surface area contributed by atoms with Crippen molar-refractivity contribution in [3.63, 3.8) is 0 Å². The number of nitrogens with zero attached hydrogens (tertiary/aromatic N) is 1. The van der Waals surface area contributed by atoms with Gasteiger partial charge in [0.1, 0.15) is 5.78 Å². The fourth-order valence-electron chi connectivity index (χ4n) is 3.32. The van der Waals surface area contributed by atoms with Gasteiger partial charge in [0.25, 0.3) is 0 Å². The highest BCUT2D eigenvalue weighted by atomic mass is 16.1. The van der Waals surface area contributed by atoms with Gasteiger partial charge in [0.15, 0.2) is 0 Å². The van der Waals surface area contributed by atoms with Gasteiger partial charge in [-0.1, -0.05) is 36.8 Å². The maximum Gasteiger partial charge on any atom is 0.136 e. The van der Waals surface area contributed by atoms with E-state index in [2.05, 4.69) is 29.2 Å². The molecule has 0 aromatic heterocycles. The van der Waals surface area contributed by atoms with Crippen LogP contribution in [-0.2, 0) is 4.79 Å². The molecular formula is C15H19NO. The average molecular weight is 229 g/mol. The highest BCUT2D eigenvalue weighted by Gasteiger charge is 2.36. The van der Waals surface area contributed by atoms with Crippen molar-refractivity contribution in [2.75, 3.05) is 6.54 Å². The summed E-state index contributed by atoms with van der Waals surface area (Å²) in [7, 11) is 0. The van der Waals surface area contributed by atoms with Crippen LogP contribution in [0.3, 0.4) is 0 Å². The minimum atomic E-state index is 0.336. The van der Waals surface area contributed by atoms with E-state index in [9.17, 15) is 4.79 Å². The molecule has 90 valence electrons. The number of ketones is 1. The first-order chi connectivity index (χ1) is 8.34. The van der Waals surface area contributed by atoms with Crippen LogP contribution in [0, 0.1) is 0 Å². The molecule has 2 aliphatic heterocycles. The van der Waals surface area contributed by atoms with Crippen LogP contribution >= 0.6 is 0 Å². The maximum atomic E-state index is 11.9. The molecule has 2 saturated heterocycles. The van der Waals surface area contributed by atoms with Crippen molar-refractivity contribution in [2.24, 2.45) is 0 Å². The number of carbonyl (C=O) groups is 1. The van der Waals surface area contributed by atoms with Crippen LogP contribution in [0.15, 0.2) is 30.3 Å². The largest absolute Gasteiger partial charge is 0.300 e. The second kappa shape index (κ2) is 4.61. The minimum absolute atomic E-state index is 0.336. The van der Waals surface area contributed by atoms with E-state index in [1.165, 1.54) is 24.8 Å². The Hall–Kier alpha value is -1.15. The van der Waals surface area contributed by atoms with E-state index in [4.69, 9.17) is 0 Å². The zero-order valence-electron chi connectivity index (χ0n) is 10.1. The summed E-state index contributed by atoms with van der Waals surface area (Å²) < 4.78 is 0. The topological polar surface area (TPSA) is 20.3 Å². The van der Waals surface area contributed by atoms with E-state index in [1.54, 1.807) is 0 Å². The molecule has 2 atom stereocenters. The summed E-state index contributed by atoms with van der Waals surface area (Å²) in [6.45, 7) is 1.16. The molecule has 3 rings (SSSR count). The number of hydrogen-bond donors (Lipinski definition) is 0. The number of hydrogen-bond acceptors (Lipinski definition) is 2. The fourth-order valence-corrected chi connectivity index (χ4v) is 3.32. The minimum Gasteiger partial charge on any atom is -0.300 e. The molecule has 0 bridgehead atoms. The Bertz CT molecular complexity index is 401. The first kappa shape index (κ1) is 11.0. The summed E-state index contributed by atoms with van der Waals surface area (Å²) in [6.07, 6.45) is 5.27. The maximum absolute atomic E-state index is 11.9. The third kappa shape index (κ3) is 2.14. The average Bonchev–Trinajstić information content (AvgIpc) is 2.39. The second-order valence-electron chi connectivity index (χ2n) is 5.26. The van der Waals surface area contributed by atoms with Crippen molar-refractivity contribution in [3.8, 4) is 0 Å². The second-order valence-corrected chi connectivity index (χ2v) is 5.26. The molecule has 2 fully saturated rings. The van der Waals surface area contributed by atoms with Gasteiger partial charge in [-0.2, -0.15) is 0 Å². The summed E-state index contributed by atoms with van der Waals surface area (Å²) in [5, 5.41) is 0. The van der Waals surface area contributed by atoms with E-state index >= 15 is 0 Å². The molecule has 2 heterocycles. The molecule has 17 heavy (non-hydrogen) atoms. The quantitative estimate of drug-likeness (QED) is 0.738. The number of rotatable bonds is 1. The van der Waals surface area contributed by atoms with Crippen LogP contribution in [0.4, 0.5) is 0 Å². The van der Waals surface area contributed by atoms with E-state index in [1.807, 2.05) is 6.07 Å². The lowest BCUT2D eigenvalue weighted by Crippen LogP contribution is -2.47. The smallest absolute Gasteiger partial charge is 0.136 e. The fraction of sp³-hybridized carbons (Fsp3) is 0.533. The molecule has 0 spiro atoms. The van der Waals surface area contributed by atoms with Gasteiger partial charge in [-0.25, -0.2) is 0 Å². The van der Waals surface area contributed by atoms with Gasteiger partial charge in [0, 0.05) is 24.9 Å². The Kier molecular flexibility index (Phi) is 2.98. The Labute approximate surface area is 103 Å². The van der Waals surface area contributed by atoms with Crippen molar-refractivity contribution in [2.45, 2.75) is 44.2 Å². The number of benzene rings is 1. The summed E-state index contributed by atoms with van der Waals surface area (Å²) in [6, 6.07) is 11.4. The third-order valence-electron chi connectivity index (χ3n) is 4.14. The zero-order chi connectivity index (χ0) is 11.7. The molecule has 2 heteroatoms. The summed E-state index contributed by atoms with van der Waals surface area (Å²) in [5.41, 5.74) is 1.31. The van der Waals surface area contributed by atoms with Crippen molar-refractivity contribution in [1.82, 2.24) is 4.90 Å². The van der Waals surface area contributed by atoms with Crippen LogP contribution in [-0.4, -0.2) is 23.3 Å². The van der Waals surface area contributed by atoms with Gasteiger partial charge in [-0.15, -0.1) is 0 Å². The number of fused-ring (bicyclic) bond motifs is 1. The molecule has 0 N–H and O–H groups in total. The highest BCUT2D eigenvalue weighted by molar-refractivity contribution is 5.80. The van der Waals surface area contributed by atoms with Gasteiger partial charge in [-0.05, 0) is 24.9 Å². The summed E-state index contributed by atoms with van der Waals surface area (Å²) in [5.74, 6) is 0.446. The van der Waals surface area contributed by atoms with E-state index in [0.717, 1.165) is 13.0 Å². The van der Waals surface area contributed by atoms with E-state index in [0.29, 0.717) is 24.3 Å². The lowest BCUT2D eigenvalue weighted by Gasteiger charge is -2.44. The van der Waals surface area contributed by atoms with Crippen LogP contribution in [0.5, 0.6) is 0 Å². The first-order valence-corrected chi connectivity index (χ1v) is 6.67. The normalized spacial score (nSPS) is 30.0. The summed E-state index contributed by atoms with van der Waals surface area (Å²) in [4.78, 5) is 14.4. The molecule has 2 nitrogen and oxygen atoms in total. The zero-order valence-corrected chi connectivity index (χ0v) is 10.1. The standard InChI is InChI=1S/C15H19NO/c17-14-10-13-8-4-5-9-16(13)15(11-14)12-6-2-1-3-7-12/h1-3,6-7,13,15H,4-5,8-11H2. The predicted octanol–water partition coefficient (Wildman–Crippen LogP) is 2.95. The summed E-state index contributed by atoms with van der Waals surface area (Å²) >= 11 is 0. The number of piperidine rings is 2. The molecular weight excluding hydrogens is 210 g/mol. The van der Waals surface area contributed by atoms with Gasteiger partial charge >= 0.3 is 0 Å². The first-order valence-electron chi connectivity index (χ1n) is 6.67. The van der Waals surface area contributed by atoms with Gasteiger partial charge in [0.2, 0.25) is 0 Å². The van der Waals surface area contributed by atoms with E-state index in [-0.39, 0.29) is 0 Å². The van der Waals surface area contributed by atoms with Gasteiger partial charge < -0.3 is 0 Å². The SMILES string of the molecule is O=C1CC2CCCCN2C(c2ccccc2)C1. The molecule has 1 aromatic rings. The Balaban J connectivity index is 1.88. The predicted molar refractivity (Wildman–Crippen MR) is 67.8 cm³/mol. The Morgan fingerprint density at radius 1 is 1.06 bits per heavy atom. The van der Waals surface area contributed by atoms with Crippen LogP contribution in [0.2, 0.25) is 0 Å². The van der Waals surface area contributed by atoms with Crippen LogP contribution in [0.1, 0.15) is 43.7 Å². The molecule has 2 unspecified atom stereocenters. The Morgan fingerprint density at radius 3 is 2.71 bits per heavy atom. The molecule has 0 aliphatic carbocycles. The number of carbonyl (C=O) groups excluding carboxylic acids is 1. The molecule has 1 aromatic carbocycles. The van der Waals surface area contributed by atoms with Gasteiger partial charge in [-0.3, -0.25) is 9.69 Å². The van der Waals surface area contributed by atoms with Crippen molar-refractivity contribution in [3.05, 3.63) is 35.9 Å². The lowest BCUT2D eigenvalue weighted by molar-refractivity contribution is -0.126. The monoisotopic (exact) mass is 229 g/mol. The molecule has 2 aliphatic rings. The molecule has 0 radical (unpaired) electrons. The highest BCUT2D eigenvalue weighted by Crippen LogP contribution is 2.36.